The van der Waals surface area contributed by atoms with E-state index in [-0.39, 0.29) is 0 Å². The normalized spacial score (nSPS) is 25.1. The molecule has 3 nitrogen and oxygen atoms in total. The zero-order chi connectivity index (χ0) is 14.0. The van der Waals surface area contributed by atoms with Crippen molar-refractivity contribution in [3.8, 4) is 0 Å². The Balaban J connectivity index is 2.07. The maximum absolute atomic E-state index is 3.28. The molecule has 0 aliphatic carbocycles. The summed E-state index contributed by atoms with van der Waals surface area (Å²) >= 11 is 0. The van der Waals surface area contributed by atoms with Crippen molar-refractivity contribution in [3.05, 3.63) is 29.8 Å². The van der Waals surface area contributed by atoms with Crippen LogP contribution in [0.15, 0.2) is 24.3 Å². The van der Waals surface area contributed by atoms with Crippen molar-refractivity contribution >= 4 is 5.69 Å². The monoisotopic (exact) mass is 261 g/mol. The largest absolute Gasteiger partial charge is 0.370 e. The average Bonchev–Trinajstić information content (AvgIpc) is 2.80. The van der Waals surface area contributed by atoms with E-state index in [2.05, 4.69) is 67.3 Å². The summed E-state index contributed by atoms with van der Waals surface area (Å²) < 4.78 is 0. The summed E-state index contributed by atoms with van der Waals surface area (Å²) in [5.41, 5.74) is 2.70. The Morgan fingerprint density at radius 2 is 1.84 bits per heavy atom. The first-order valence-electron chi connectivity index (χ1n) is 7.21. The molecule has 3 unspecified atom stereocenters. The van der Waals surface area contributed by atoms with Gasteiger partial charge in [0.25, 0.3) is 0 Å². The Morgan fingerprint density at radius 1 is 1.21 bits per heavy atom. The summed E-state index contributed by atoms with van der Waals surface area (Å²) in [6.07, 6.45) is 0. The van der Waals surface area contributed by atoms with Crippen molar-refractivity contribution in [2.75, 3.05) is 39.1 Å². The minimum Gasteiger partial charge on any atom is -0.370 e. The molecule has 0 bridgehead atoms. The molecule has 19 heavy (non-hydrogen) atoms. The van der Waals surface area contributed by atoms with Crippen LogP contribution in [0, 0.1) is 5.92 Å². The van der Waals surface area contributed by atoms with Gasteiger partial charge in [-0.3, -0.25) is 0 Å². The molecular weight excluding hydrogens is 234 g/mol. The molecule has 0 spiro atoms. The van der Waals surface area contributed by atoms with Crippen LogP contribution in [0.5, 0.6) is 0 Å². The highest BCUT2D eigenvalue weighted by Gasteiger charge is 2.30. The number of anilines is 1. The van der Waals surface area contributed by atoms with E-state index in [0.717, 1.165) is 19.0 Å². The standard InChI is InChI=1S/C16H27N3/c1-12-10-19(11-16(12)18(4)5)15-8-6-14(7-9-15)13(2)17-3/h6-9,12-13,16-17H,10-11H2,1-5H3. The number of benzene rings is 1. The van der Waals surface area contributed by atoms with Gasteiger partial charge in [-0.15, -0.1) is 0 Å². The van der Waals surface area contributed by atoms with Gasteiger partial charge in [-0.1, -0.05) is 19.1 Å². The molecule has 0 amide bonds. The molecule has 1 aliphatic heterocycles. The molecule has 0 radical (unpaired) electrons. The van der Waals surface area contributed by atoms with Crippen LogP contribution >= 0.6 is 0 Å². The first-order valence-corrected chi connectivity index (χ1v) is 7.21. The van der Waals surface area contributed by atoms with Crippen molar-refractivity contribution in [3.63, 3.8) is 0 Å². The Bertz CT molecular complexity index is 399. The molecule has 1 saturated heterocycles. The van der Waals surface area contributed by atoms with Crippen LogP contribution in [0.4, 0.5) is 5.69 Å². The van der Waals surface area contributed by atoms with E-state index in [1.807, 2.05) is 7.05 Å². The minimum absolute atomic E-state index is 0.418. The highest BCUT2D eigenvalue weighted by Crippen LogP contribution is 2.27. The Hall–Kier alpha value is -1.06. The summed E-state index contributed by atoms with van der Waals surface area (Å²) in [5.74, 6) is 0.728. The van der Waals surface area contributed by atoms with Gasteiger partial charge in [-0.25, -0.2) is 0 Å². The molecule has 106 valence electrons. The van der Waals surface area contributed by atoms with E-state index in [1.54, 1.807) is 0 Å². The maximum atomic E-state index is 3.28. The van der Waals surface area contributed by atoms with Crippen molar-refractivity contribution in [2.45, 2.75) is 25.9 Å². The van der Waals surface area contributed by atoms with Gasteiger partial charge in [0.05, 0.1) is 0 Å². The number of nitrogens with one attached hydrogen (secondary N) is 1. The van der Waals surface area contributed by atoms with Gasteiger partial charge in [0, 0.05) is 30.9 Å². The fourth-order valence-electron chi connectivity index (χ4n) is 2.97. The third kappa shape index (κ3) is 3.10. The second kappa shape index (κ2) is 5.93. The van der Waals surface area contributed by atoms with Crippen LogP contribution in [-0.4, -0.2) is 45.2 Å². The Morgan fingerprint density at radius 3 is 2.32 bits per heavy atom. The van der Waals surface area contributed by atoms with E-state index < -0.39 is 0 Å². The molecule has 0 aromatic heterocycles. The molecule has 3 atom stereocenters. The number of likely N-dealkylation sites (N-methyl/N-ethyl adjacent to an activating group) is 1. The van der Waals surface area contributed by atoms with Gasteiger partial charge in [-0.05, 0) is 51.7 Å². The summed E-state index contributed by atoms with van der Waals surface area (Å²) in [7, 11) is 6.37. The molecule has 1 fully saturated rings. The third-order valence-corrected chi connectivity index (χ3v) is 4.43. The number of nitrogens with zero attached hydrogens (tertiary/aromatic N) is 2. The van der Waals surface area contributed by atoms with Crippen LogP contribution < -0.4 is 10.2 Å². The van der Waals surface area contributed by atoms with Gasteiger partial charge >= 0.3 is 0 Å². The molecular formula is C16H27N3. The van der Waals surface area contributed by atoms with E-state index in [4.69, 9.17) is 0 Å². The van der Waals surface area contributed by atoms with Gasteiger partial charge < -0.3 is 15.1 Å². The second-order valence-electron chi connectivity index (χ2n) is 6.02. The molecule has 1 heterocycles. The van der Waals surface area contributed by atoms with Crippen molar-refractivity contribution in [1.82, 2.24) is 10.2 Å². The highest BCUT2D eigenvalue weighted by atomic mass is 15.2. The molecule has 2 rings (SSSR count). The molecule has 1 aliphatic rings. The van der Waals surface area contributed by atoms with E-state index >= 15 is 0 Å². The molecule has 1 aromatic carbocycles. The Labute approximate surface area is 117 Å². The van der Waals surface area contributed by atoms with Crippen molar-refractivity contribution in [1.29, 1.82) is 0 Å². The molecule has 1 N–H and O–H groups in total. The molecule has 1 aromatic rings. The van der Waals surface area contributed by atoms with Crippen LogP contribution in [-0.2, 0) is 0 Å². The second-order valence-corrected chi connectivity index (χ2v) is 6.02. The van der Waals surface area contributed by atoms with E-state index in [9.17, 15) is 0 Å². The summed E-state index contributed by atoms with van der Waals surface area (Å²) in [6, 6.07) is 10.1. The smallest absolute Gasteiger partial charge is 0.0367 e. The topological polar surface area (TPSA) is 18.5 Å². The van der Waals surface area contributed by atoms with E-state index in [0.29, 0.717) is 12.1 Å². The number of rotatable bonds is 4. The number of hydrogen-bond acceptors (Lipinski definition) is 3. The van der Waals surface area contributed by atoms with Crippen LogP contribution in [0.3, 0.4) is 0 Å². The van der Waals surface area contributed by atoms with Gasteiger partial charge in [0.1, 0.15) is 0 Å². The average molecular weight is 261 g/mol. The first kappa shape index (κ1) is 14.4. The molecule has 3 heteroatoms. The zero-order valence-electron chi connectivity index (χ0n) is 12.9. The van der Waals surface area contributed by atoms with Gasteiger partial charge in [0.2, 0.25) is 0 Å². The lowest BCUT2D eigenvalue weighted by molar-refractivity contribution is 0.266. The summed E-state index contributed by atoms with van der Waals surface area (Å²) in [4.78, 5) is 4.85. The minimum atomic E-state index is 0.418. The lowest BCUT2D eigenvalue weighted by Gasteiger charge is -2.23. The van der Waals surface area contributed by atoms with E-state index in [1.165, 1.54) is 11.3 Å². The number of hydrogen-bond donors (Lipinski definition) is 1. The van der Waals surface area contributed by atoms with Crippen LogP contribution in [0.2, 0.25) is 0 Å². The zero-order valence-corrected chi connectivity index (χ0v) is 12.9. The predicted molar refractivity (Wildman–Crippen MR) is 82.8 cm³/mol. The molecule has 0 saturated carbocycles. The third-order valence-electron chi connectivity index (χ3n) is 4.43. The fourth-order valence-corrected chi connectivity index (χ4v) is 2.97. The Kier molecular flexibility index (Phi) is 4.48. The lowest BCUT2D eigenvalue weighted by atomic mass is 10.1. The highest BCUT2D eigenvalue weighted by molar-refractivity contribution is 5.49. The summed E-state index contributed by atoms with van der Waals surface area (Å²) in [5, 5.41) is 3.28. The quantitative estimate of drug-likeness (QED) is 0.897. The predicted octanol–water partition coefficient (Wildman–Crippen LogP) is 2.35. The van der Waals surface area contributed by atoms with Crippen molar-refractivity contribution in [2.24, 2.45) is 5.92 Å². The SMILES string of the molecule is CNC(C)c1ccc(N2CC(C)C(N(C)C)C2)cc1. The van der Waals surface area contributed by atoms with Gasteiger partial charge in [-0.2, -0.15) is 0 Å². The lowest BCUT2D eigenvalue weighted by Crippen LogP contribution is -2.34. The van der Waals surface area contributed by atoms with Crippen LogP contribution in [0.25, 0.3) is 0 Å². The van der Waals surface area contributed by atoms with Crippen LogP contribution in [0.1, 0.15) is 25.5 Å². The fraction of sp³-hybridized carbons (Fsp3) is 0.625. The van der Waals surface area contributed by atoms with Crippen molar-refractivity contribution < 1.29 is 0 Å². The van der Waals surface area contributed by atoms with Gasteiger partial charge in [0.15, 0.2) is 0 Å². The summed E-state index contributed by atoms with van der Waals surface area (Å²) in [6.45, 7) is 6.83. The first-order chi connectivity index (χ1) is 9.02. The maximum Gasteiger partial charge on any atom is 0.0367 e.